The van der Waals surface area contributed by atoms with Crippen LogP contribution in [0.2, 0.25) is 0 Å². The lowest BCUT2D eigenvalue weighted by Gasteiger charge is -2.09. The summed E-state index contributed by atoms with van der Waals surface area (Å²) in [6.07, 6.45) is -4.45. The standard InChI is InChI=1S/C15H11F3N2O3/c1-23-14(22)12-4-2-3-11(20-12)13(21)19-10-7-5-9(6-8-10)15(16,17)18/h2-8H,1H3,(H,19,21). The molecule has 23 heavy (non-hydrogen) atoms. The molecule has 0 spiro atoms. The smallest absolute Gasteiger partial charge is 0.416 e. The number of nitrogens with one attached hydrogen (secondary N) is 1. The van der Waals surface area contributed by atoms with Gasteiger partial charge in [-0.3, -0.25) is 4.79 Å². The van der Waals surface area contributed by atoms with Gasteiger partial charge in [-0.25, -0.2) is 9.78 Å². The van der Waals surface area contributed by atoms with Gasteiger partial charge in [0.25, 0.3) is 5.91 Å². The van der Waals surface area contributed by atoms with Gasteiger partial charge in [0.1, 0.15) is 11.4 Å². The van der Waals surface area contributed by atoms with E-state index < -0.39 is 23.6 Å². The van der Waals surface area contributed by atoms with E-state index in [1.807, 2.05) is 0 Å². The Hall–Kier alpha value is -2.90. The monoisotopic (exact) mass is 324 g/mol. The molecular formula is C15H11F3N2O3. The lowest BCUT2D eigenvalue weighted by atomic mass is 10.2. The number of esters is 1. The molecule has 0 saturated carbocycles. The van der Waals surface area contributed by atoms with Crippen LogP contribution in [-0.2, 0) is 10.9 Å². The van der Waals surface area contributed by atoms with Crippen molar-refractivity contribution in [3.63, 3.8) is 0 Å². The summed E-state index contributed by atoms with van der Waals surface area (Å²) in [5.41, 5.74) is -0.755. The van der Waals surface area contributed by atoms with Gasteiger partial charge in [0, 0.05) is 5.69 Å². The molecule has 1 aromatic carbocycles. The topological polar surface area (TPSA) is 68.3 Å². The highest BCUT2D eigenvalue weighted by Gasteiger charge is 2.30. The number of ether oxygens (including phenoxy) is 1. The summed E-state index contributed by atoms with van der Waals surface area (Å²) in [5, 5.41) is 2.40. The second-order valence-corrected chi connectivity index (χ2v) is 4.43. The molecule has 1 N–H and O–H groups in total. The van der Waals surface area contributed by atoms with E-state index in [1.54, 1.807) is 0 Å². The first-order valence-corrected chi connectivity index (χ1v) is 6.35. The molecule has 0 saturated heterocycles. The normalized spacial score (nSPS) is 11.0. The van der Waals surface area contributed by atoms with Gasteiger partial charge in [-0.2, -0.15) is 13.2 Å². The average molecular weight is 324 g/mol. The zero-order valence-corrected chi connectivity index (χ0v) is 11.8. The van der Waals surface area contributed by atoms with E-state index in [9.17, 15) is 22.8 Å². The molecule has 0 bridgehead atoms. The predicted octanol–water partition coefficient (Wildman–Crippen LogP) is 3.14. The van der Waals surface area contributed by atoms with Gasteiger partial charge in [-0.1, -0.05) is 6.07 Å². The SMILES string of the molecule is COC(=O)c1cccc(C(=O)Nc2ccc(C(F)(F)F)cc2)n1. The summed E-state index contributed by atoms with van der Waals surface area (Å²) in [4.78, 5) is 27.2. The Morgan fingerprint density at radius 1 is 1.04 bits per heavy atom. The number of hydrogen-bond acceptors (Lipinski definition) is 4. The Morgan fingerprint density at radius 3 is 2.22 bits per heavy atom. The number of carbonyl (C=O) groups excluding carboxylic acids is 2. The molecule has 0 unspecified atom stereocenters. The molecule has 2 rings (SSSR count). The molecular weight excluding hydrogens is 313 g/mol. The van der Waals surface area contributed by atoms with E-state index in [0.717, 1.165) is 24.3 Å². The van der Waals surface area contributed by atoms with Crippen molar-refractivity contribution in [3.05, 3.63) is 59.4 Å². The van der Waals surface area contributed by atoms with Gasteiger partial charge in [0.15, 0.2) is 0 Å². The van der Waals surface area contributed by atoms with Crippen molar-refractivity contribution in [1.29, 1.82) is 0 Å². The Balaban J connectivity index is 2.14. The summed E-state index contributed by atoms with van der Waals surface area (Å²) in [6, 6.07) is 8.16. The highest BCUT2D eigenvalue weighted by molar-refractivity contribution is 6.03. The van der Waals surface area contributed by atoms with Crippen molar-refractivity contribution < 1.29 is 27.5 Å². The lowest BCUT2D eigenvalue weighted by molar-refractivity contribution is -0.137. The molecule has 5 nitrogen and oxygen atoms in total. The zero-order valence-electron chi connectivity index (χ0n) is 11.8. The van der Waals surface area contributed by atoms with E-state index in [4.69, 9.17) is 0 Å². The van der Waals surface area contributed by atoms with E-state index in [0.29, 0.717) is 0 Å². The van der Waals surface area contributed by atoms with Gasteiger partial charge in [0.2, 0.25) is 0 Å². The lowest BCUT2D eigenvalue weighted by Crippen LogP contribution is -2.16. The van der Waals surface area contributed by atoms with Crippen LogP contribution in [0, 0.1) is 0 Å². The maximum absolute atomic E-state index is 12.5. The Morgan fingerprint density at radius 2 is 1.65 bits per heavy atom. The summed E-state index contributed by atoms with van der Waals surface area (Å²) in [6.45, 7) is 0. The van der Waals surface area contributed by atoms with E-state index >= 15 is 0 Å². The van der Waals surface area contributed by atoms with E-state index in [-0.39, 0.29) is 17.1 Å². The van der Waals surface area contributed by atoms with Crippen LogP contribution in [0.15, 0.2) is 42.5 Å². The van der Waals surface area contributed by atoms with E-state index in [2.05, 4.69) is 15.0 Å². The number of anilines is 1. The van der Waals surface area contributed by atoms with Crippen molar-refractivity contribution in [1.82, 2.24) is 4.98 Å². The third kappa shape index (κ3) is 4.06. The first kappa shape index (κ1) is 16.5. The molecule has 0 radical (unpaired) electrons. The molecule has 0 atom stereocenters. The third-order valence-electron chi connectivity index (χ3n) is 2.85. The molecule has 1 amide bonds. The number of alkyl halides is 3. The van der Waals surface area contributed by atoms with Crippen LogP contribution in [0.1, 0.15) is 26.5 Å². The first-order valence-electron chi connectivity index (χ1n) is 6.35. The van der Waals surface area contributed by atoms with Crippen molar-refractivity contribution >= 4 is 17.6 Å². The minimum atomic E-state index is -4.45. The van der Waals surface area contributed by atoms with Crippen molar-refractivity contribution in [3.8, 4) is 0 Å². The van der Waals surface area contributed by atoms with Gasteiger partial charge in [0.05, 0.1) is 12.7 Å². The van der Waals surface area contributed by atoms with Gasteiger partial charge in [-0.05, 0) is 36.4 Å². The molecule has 2 aromatic rings. The number of methoxy groups -OCH3 is 1. The van der Waals surface area contributed by atoms with Crippen LogP contribution in [0.25, 0.3) is 0 Å². The van der Waals surface area contributed by atoms with Crippen LogP contribution in [-0.4, -0.2) is 24.0 Å². The van der Waals surface area contributed by atoms with Gasteiger partial charge >= 0.3 is 12.1 Å². The zero-order chi connectivity index (χ0) is 17.0. The summed E-state index contributed by atoms with van der Waals surface area (Å²) in [7, 11) is 1.18. The molecule has 0 aliphatic carbocycles. The summed E-state index contributed by atoms with van der Waals surface area (Å²) >= 11 is 0. The number of benzene rings is 1. The molecule has 8 heteroatoms. The van der Waals surface area contributed by atoms with Crippen molar-refractivity contribution in [2.45, 2.75) is 6.18 Å². The van der Waals surface area contributed by atoms with Crippen LogP contribution < -0.4 is 5.32 Å². The number of rotatable bonds is 3. The number of carbonyl (C=O) groups is 2. The molecule has 0 fully saturated rings. The van der Waals surface area contributed by atoms with Crippen LogP contribution in [0.3, 0.4) is 0 Å². The fourth-order valence-electron chi connectivity index (χ4n) is 1.72. The van der Waals surface area contributed by atoms with Crippen molar-refractivity contribution in [2.75, 3.05) is 12.4 Å². The average Bonchev–Trinajstić information content (AvgIpc) is 2.54. The largest absolute Gasteiger partial charge is 0.464 e. The molecule has 1 heterocycles. The fourth-order valence-corrected chi connectivity index (χ4v) is 1.72. The molecule has 0 aliphatic rings. The Kier molecular flexibility index (Phi) is 4.63. The third-order valence-corrected chi connectivity index (χ3v) is 2.85. The maximum atomic E-state index is 12.5. The first-order chi connectivity index (χ1) is 10.8. The second kappa shape index (κ2) is 6.47. The quantitative estimate of drug-likeness (QED) is 0.881. The van der Waals surface area contributed by atoms with E-state index in [1.165, 1.54) is 25.3 Å². The predicted molar refractivity (Wildman–Crippen MR) is 75.0 cm³/mol. The number of aromatic nitrogens is 1. The Labute approximate surface area is 129 Å². The molecule has 120 valence electrons. The summed E-state index contributed by atoms with van der Waals surface area (Å²) < 4.78 is 41.9. The molecule has 0 aliphatic heterocycles. The van der Waals surface area contributed by atoms with Crippen molar-refractivity contribution in [2.24, 2.45) is 0 Å². The number of pyridine rings is 1. The number of hydrogen-bond donors (Lipinski definition) is 1. The second-order valence-electron chi connectivity index (χ2n) is 4.43. The van der Waals surface area contributed by atoms with Crippen LogP contribution >= 0.6 is 0 Å². The number of nitrogens with zero attached hydrogens (tertiary/aromatic N) is 1. The Bertz CT molecular complexity index is 727. The van der Waals surface area contributed by atoms with Gasteiger partial charge in [-0.15, -0.1) is 0 Å². The fraction of sp³-hybridized carbons (Fsp3) is 0.133. The molecule has 1 aromatic heterocycles. The number of halogens is 3. The minimum Gasteiger partial charge on any atom is -0.464 e. The maximum Gasteiger partial charge on any atom is 0.416 e. The van der Waals surface area contributed by atoms with Crippen LogP contribution in [0.4, 0.5) is 18.9 Å². The highest BCUT2D eigenvalue weighted by atomic mass is 19.4. The van der Waals surface area contributed by atoms with Gasteiger partial charge < -0.3 is 10.1 Å². The summed E-state index contributed by atoms with van der Waals surface area (Å²) in [5.74, 6) is -1.36. The van der Waals surface area contributed by atoms with Crippen LogP contribution in [0.5, 0.6) is 0 Å². The number of amides is 1. The minimum absolute atomic E-state index is 0.0485. The highest BCUT2D eigenvalue weighted by Crippen LogP contribution is 2.29.